The third-order valence-corrected chi connectivity index (χ3v) is 10.7. The van der Waals surface area contributed by atoms with Crippen LogP contribution in [0.4, 0.5) is 22.7 Å². The van der Waals surface area contributed by atoms with Crippen LogP contribution < -0.4 is 0 Å². The molecule has 198 valence electrons. The smallest absolute Gasteiger partial charge is 0.115 e. The van der Waals surface area contributed by atoms with Crippen LogP contribution in [0.5, 0.6) is 0 Å². The summed E-state index contributed by atoms with van der Waals surface area (Å²) in [4.78, 5) is 0. The Morgan fingerprint density at radius 2 is 0.951 bits per heavy atom. The summed E-state index contributed by atoms with van der Waals surface area (Å²) in [5.41, 5.74) is 18.3. The predicted octanol–water partition coefficient (Wildman–Crippen LogP) is 9.41. The van der Waals surface area contributed by atoms with Crippen LogP contribution in [-0.4, -0.2) is 17.5 Å². The Balaban J connectivity index is 1.24. The van der Waals surface area contributed by atoms with Crippen LogP contribution in [0.15, 0.2) is 53.8 Å². The number of aromatic nitrogens is 4. The fourth-order valence-corrected chi connectivity index (χ4v) is 8.86. The van der Waals surface area contributed by atoms with Gasteiger partial charge in [0.2, 0.25) is 0 Å². The van der Waals surface area contributed by atoms with Crippen molar-refractivity contribution in [3.63, 3.8) is 0 Å². The van der Waals surface area contributed by atoms with Gasteiger partial charge >= 0.3 is 0 Å². The molecule has 0 amide bonds. The number of aryl methyl sites for hydroxylation is 2. The second-order valence-electron chi connectivity index (χ2n) is 11.0. The highest BCUT2D eigenvalue weighted by atomic mass is 32.1. The van der Waals surface area contributed by atoms with Gasteiger partial charge in [0.05, 0.1) is 46.2 Å². The first-order valence-corrected chi connectivity index (χ1v) is 15.9. The van der Waals surface area contributed by atoms with Crippen LogP contribution in [0.1, 0.15) is 36.1 Å². The summed E-state index contributed by atoms with van der Waals surface area (Å²) >= 11 is 4.95. The summed E-state index contributed by atoms with van der Waals surface area (Å²) < 4.78 is 37.2. The minimum atomic E-state index is -0.232. The molecule has 0 fully saturated rings. The lowest BCUT2D eigenvalue weighted by Crippen LogP contribution is -2.15. The molecule has 0 atom stereocenters. The lowest BCUT2D eigenvalue weighted by molar-refractivity contribution is 0.661. The molecule has 0 saturated heterocycles. The molecule has 0 bridgehead atoms. The summed E-state index contributed by atoms with van der Waals surface area (Å²) in [5, 5.41) is 0. The van der Waals surface area contributed by atoms with E-state index in [0.717, 1.165) is 78.2 Å². The Bertz CT molecular complexity index is 2190. The zero-order valence-electron chi connectivity index (χ0n) is 22.2. The minimum Gasteiger partial charge on any atom is -0.173 e. The Kier molecular flexibility index (Phi) is 4.72. The van der Waals surface area contributed by atoms with E-state index < -0.39 is 0 Å². The lowest BCUT2D eigenvalue weighted by atomic mass is 9.80. The average molecular weight is 607 g/mol. The Morgan fingerprint density at radius 1 is 0.537 bits per heavy atom. The molecule has 0 saturated carbocycles. The van der Waals surface area contributed by atoms with E-state index in [0.29, 0.717) is 0 Å². The van der Waals surface area contributed by atoms with Gasteiger partial charge in [0.25, 0.3) is 0 Å². The number of rotatable bonds is 2. The maximum atomic E-state index is 4.69. The highest BCUT2D eigenvalue weighted by Gasteiger charge is 2.37. The van der Waals surface area contributed by atoms with E-state index in [1.807, 2.05) is 0 Å². The summed E-state index contributed by atoms with van der Waals surface area (Å²) in [7, 11) is 0. The second kappa shape index (κ2) is 8.13. The molecular formula is C29H18N8S4. The molecule has 6 aromatic rings. The van der Waals surface area contributed by atoms with Gasteiger partial charge in [0, 0.05) is 27.7 Å². The molecule has 12 heteroatoms. The average Bonchev–Trinajstić information content (AvgIpc) is 3.80. The Morgan fingerprint density at radius 3 is 1.41 bits per heavy atom. The van der Waals surface area contributed by atoms with E-state index in [9.17, 15) is 0 Å². The van der Waals surface area contributed by atoms with E-state index in [1.165, 1.54) is 68.4 Å². The Labute approximate surface area is 249 Å². The number of hydrogen-bond acceptors (Lipinski definition) is 10. The number of fused-ring (bicyclic) bond motifs is 7. The number of nitrogens with zero attached hydrogens (tertiary/aromatic N) is 8. The van der Waals surface area contributed by atoms with E-state index in [-0.39, 0.29) is 5.41 Å². The van der Waals surface area contributed by atoms with Crippen molar-refractivity contribution in [2.24, 2.45) is 17.5 Å². The first-order chi connectivity index (χ1) is 19.9. The molecule has 41 heavy (non-hydrogen) atoms. The molecule has 4 aromatic carbocycles. The number of benzene rings is 4. The minimum absolute atomic E-state index is 0.232. The third-order valence-electron chi connectivity index (χ3n) is 8.58. The van der Waals surface area contributed by atoms with Crippen molar-refractivity contribution in [2.45, 2.75) is 33.1 Å². The maximum Gasteiger partial charge on any atom is 0.115 e. The van der Waals surface area contributed by atoms with E-state index in [1.54, 1.807) is 0 Å². The summed E-state index contributed by atoms with van der Waals surface area (Å²) in [6.45, 7) is 8.71. The summed E-state index contributed by atoms with van der Waals surface area (Å²) in [6, 6.07) is 13.5. The van der Waals surface area contributed by atoms with Crippen LogP contribution in [-0.2, 0) is 28.1 Å². The quantitative estimate of drug-likeness (QED) is 0.196. The largest absolute Gasteiger partial charge is 0.173 e. The van der Waals surface area contributed by atoms with Gasteiger partial charge in [0.15, 0.2) is 0 Å². The van der Waals surface area contributed by atoms with Crippen molar-refractivity contribution >= 4 is 91.0 Å². The normalized spacial score (nSPS) is 15.2. The molecule has 8 nitrogen and oxygen atoms in total. The fraction of sp³-hybridized carbons (Fsp3) is 0.172. The zero-order valence-corrected chi connectivity index (χ0v) is 25.4. The number of hydrogen-bond donors (Lipinski definition) is 0. The summed E-state index contributed by atoms with van der Waals surface area (Å²) in [5.74, 6) is 0. The van der Waals surface area contributed by atoms with Crippen LogP contribution >= 0.6 is 23.5 Å². The van der Waals surface area contributed by atoms with Gasteiger partial charge in [-0.3, -0.25) is 0 Å². The zero-order chi connectivity index (χ0) is 27.6. The SMILES string of the molecule is Cc1c2c(c(-c3ccc4c(c3)C(C)(C)c3cc(-c5c6c(c(C)c7nsnc57)N=S=N6)ccc3-4)c3nsnc13)N=S=N2. The van der Waals surface area contributed by atoms with Crippen LogP contribution in [0, 0.1) is 13.8 Å². The third kappa shape index (κ3) is 3.02. The van der Waals surface area contributed by atoms with E-state index in [4.69, 9.17) is 17.5 Å². The van der Waals surface area contributed by atoms with Gasteiger partial charge in [-0.1, -0.05) is 38.1 Å². The highest BCUT2D eigenvalue weighted by Crippen LogP contribution is 2.55. The van der Waals surface area contributed by atoms with Crippen molar-refractivity contribution in [2.75, 3.05) is 0 Å². The lowest BCUT2D eigenvalue weighted by Gasteiger charge is -2.23. The van der Waals surface area contributed by atoms with E-state index >= 15 is 0 Å². The van der Waals surface area contributed by atoms with Gasteiger partial charge in [-0.15, -0.1) is 0 Å². The monoisotopic (exact) mass is 606 g/mol. The predicted molar refractivity (Wildman–Crippen MR) is 169 cm³/mol. The molecular weight excluding hydrogens is 589 g/mol. The van der Waals surface area contributed by atoms with E-state index in [2.05, 4.69) is 81.6 Å². The standard InChI is InChI=1S/C29H18N8S4/c1-11-21-25(34-38-30-21)19(26-22(11)31-39-35-26)13-5-7-15-16-8-6-14(10-18(16)29(3,4)17(15)9-13)20-27-23(32-40-36-27)12(2)24-28(20)37-41-33-24/h5-10H,1-4H3. The molecule has 0 N–H and O–H groups in total. The second-order valence-corrected chi connectivity index (χ2v) is 13.1. The van der Waals surface area contributed by atoms with Gasteiger partial charge in [-0.05, 0) is 59.4 Å². The topological polar surface area (TPSA) is 101 Å². The molecule has 0 unspecified atom stereocenters. The Hall–Kier alpha value is -3.84. The van der Waals surface area contributed by atoms with Crippen molar-refractivity contribution < 1.29 is 0 Å². The molecule has 4 heterocycles. The van der Waals surface area contributed by atoms with Crippen molar-refractivity contribution in [3.05, 3.63) is 58.7 Å². The molecule has 3 aliphatic rings. The van der Waals surface area contributed by atoms with Crippen LogP contribution in [0.25, 0.3) is 55.4 Å². The van der Waals surface area contributed by atoms with Crippen molar-refractivity contribution in [1.82, 2.24) is 17.5 Å². The fourth-order valence-electron chi connectivity index (χ4n) is 6.44. The van der Waals surface area contributed by atoms with Gasteiger partial charge in [-0.2, -0.15) is 34.9 Å². The van der Waals surface area contributed by atoms with Crippen molar-refractivity contribution in [3.8, 4) is 33.4 Å². The molecule has 0 radical (unpaired) electrons. The van der Waals surface area contributed by atoms with Gasteiger partial charge in [0.1, 0.15) is 44.8 Å². The highest BCUT2D eigenvalue weighted by molar-refractivity contribution is 7.58. The van der Waals surface area contributed by atoms with Gasteiger partial charge < -0.3 is 0 Å². The first-order valence-electron chi connectivity index (χ1n) is 13.0. The van der Waals surface area contributed by atoms with Gasteiger partial charge in [-0.25, -0.2) is 0 Å². The van der Waals surface area contributed by atoms with Crippen molar-refractivity contribution in [1.29, 1.82) is 0 Å². The molecule has 9 rings (SSSR count). The molecule has 1 aliphatic carbocycles. The maximum absolute atomic E-state index is 4.69. The summed E-state index contributed by atoms with van der Waals surface area (Å²) in [6.07, 6.45) is 0. The molecule has 2 aromatic heterocycles. The van der Waals surface area contributed by atoms with Crippen LogP contribution in [0.3, 0.4) is 0 Å². The van der Waals surface area contributed by atoms with Crippen LogP contribution in [0.2, 0.25) is 0 Å². The molecule has 2 aliphatic heterocycles. The first kappa shape index (κ1) is 23.8. The molecule has 0 spiro atoms.